The second-order valence-corrected chi connectivity index (χ2v) is 7.76. The van der Waals surface area contributed by atoms with Gasteiger partial charge in [-0.3, -0.25) is 9.59 Å². The van der Waals surface area contributed by atoms with Gasteiger partial charge in [0.2, 0.25) is 5.91 Å². The number of hydrogen-bond donors (Lipinski definition) is 1. The number of nitrogens with zero attached hydrogens (tertiary/aromatic N) is 1. The molecule has 2 amide bonds. The van der Waals surface area contributed by atoms with Crippen LogP contribution in [0.5, 0.6) is 0 Å². The highest BCUT2D eigenvalue weighted by Gasteiger charge is 2.41. The standard InChI is InChI=1S/C18H20N2O2S2/c1-2-16-20(18(22)15-9-6-10-23-15)14(12-24-16)17(21)19-11-13-7-4-3-5-8-13/h3-10,14,16H,2,11-12H2,1H3,(H,19,21). The van der Waals surface area contributed by atoms with Crippen LogP contribution in [0.2, 0.25) is 0 Å². The molecule has 2 heterocycles. The summed E-state index contributed by atoms with van der Waals surface area (Å²) < 4.78 is 0. The van der Waals surface area contributed by atoms with E-state index >= 15 is 0 Å². The van der Waals surface area contributed by atoms with Gasteiger partial charge in [-0.2, -0.15) is 0 Å². The summed E-state index contributed by atoms with van der Waals surface area (Å²) in [6.45, 7) is 2.54. The third-order valence-electron chi connectivity index (χ3n) is 4.02. The molecule has 1 N–H and O–H groups in total. The lowest BCUT2D eigenvalue weighted by Gasteiger charge is -2.27. The Kier molecular flexibility index (Phi) is 5.58. The zero-order valence-electron chi connectivity index (χ0n) is 13.5. The predicted molar refractivity (Wildman–Crippen MR) is 99.1 cm³/mol. The van der Waals surface area contributed by atoms with Crippen molar-refractivity contribution in [1.82, 2.24) is 10.2 Å². The van der Waals surface area contributed by atoms with Gasteiger partial charge in [0.05, 0.1) is 10.3 Å². The highest BCUT2D eigenvalue weighted by Crippen LogP contribution is 2.33. The fourth-order valence-electron chi connectivity index (χ4n) is 2.78. The Morgan fingerprint density at radius 2 is 2.00 bits per heavy atom. The Bertz CT molecular complexity index is 688. The molecule has 4 nitrogen and oxygen atoms in total. The van der Waals surface area contributed by atoms with Crippen LogP contribution in [-0.2, 0) is 11.3 Å². The zero-order chi connectivity index (χ0) is 16.9. The fourth-order valence-corrected chi connectivity index (χ4v) is 4.81. The number of carbonyl (C=O) groups excluding carboxylic acids is 2. The maximum absolute atomic E-state index is 12.8. The molecule has 1 fully saturated rings. The van der Waals surface area contributed by atoms with Crippen molar-refractivity contribution in [3.63, 3.8) is 0 Å². The molecule has 1 saturated heterocycles. The average molecular weight is 361 g/mol. The van der Waals surface area contributed by atoms with Gasteiger partial charge in [-0.25, -0.2) is 0 Å². The van der Waals surface area contributed by atoms with Crippen LogP contribution in [0.4, 0.5) is 0 Å². The first kappa shape index (κ1) is 17.0. The molecule has 0 saturated carbocycles. The smallest absolute Gasteiger partial charge is 0.265 e. The normalized spacial score (nSPS) is 20.1. The maximum Gasteiger partial charge on any atom is 0.265 e. The molecule has 1 aliphatic heterocycles. The van der Waals surface area contributed by atoms with Crippen molar-refractivity contribution in [2.24, 2.45) is 0 Å². The summed E-state index contributed by atoms with van der Waals surface area (Å²) in [6.07, 6.45) is 0.838. The van der Waals surface area contributed by atoms with E-state index in [-0.39, 0.29) is 17.2 Å². The number of nitrogens with one attached hydrogen (secondary N) is 1. The third kappa shape index (κ3) is 3.65. The van der Waals surface area contributed by atoms with Gasteiger partial charge in [0.15, 0.2) is 0 Å². The van der Waals surface area contributed by atoms with Crippen molar-refractivity contribution in [1.29, 1.82) is 0 Å². The molecule has 2 unspecified atom stereocenters. The molecule has 0 radical (unpaired) electrons. The van der Waals surface area contributed by atoms with E-state index in [2.05, 4.69) is 12.2 Å². The van der Waals surface area contributed by atoms with Crippen LogP contribution >= 0.6 is 23.1 Å². The second kappa shape index (κ2) is 7.85. The lowest BCUT2D eigenvalue weighted by molar-refractivity contribution is -0.125. The monoisotopic (exact) mass is 360 g/mol. The average Bonchev–Trinajstić information content (AvgIpc) is 3.29. The predicted octanol–water partition coefficient (Wildman–Crippen LogP) is 3.36. The minimum Gasteiger partial charge on any atom is -0.350 e. The second-order valence-electron chi connectivity index (χ2n) is 5.61. The van der Waals surface area contributed by atoms with Crippen LogP contribution in [0, 0.1) is 0 Å². The minimum absolute atomic E-state index is 0.0401. The van der Waals surface area contributed by atoms with Crippen LogP contribution in [0.1, 0.15) is 28.6 Å². The van der Waals surface area contributed by atoms with Gasteiger partial charge in [0.25, 0.3) is 5.91 Å². The zero-order valence-corrected chi connectivity index (χ0v) is 15.1. The lowest BCUT2D eigenvalue weighted by atomic mass is 10.2. The first-order valence-electron chi connectivity index (χ1n) is 8.00. The molecule has 2 aromatic rings. The van der Waals surface area contributed by atoms with Crippen LogP contribution in [0.15, 0.2) is 47.8 Å². The van der Waals surface area contributed by atoms with Gasteiger partial charge in [0.1, 0.15) is 6.04 Å². The Morgan fingerprint density at radius 3 is 2.67 bits per heavy atom. The first-order valence-corrected chi connectivity index (χ1v) is 9.93. The topological polar surface area (TPSA) is 49.4 Å². The molecular formula is C18H20N2O2S2. The molecule has 1 aromatic carbocycles. The number of benzene rings is 1. The quantitative estimate of drug-likeness (QED) is 0.889. The Balaban J connectivity index is 1.70. The molecular weight excluding hydrogens is 340 g/mol. The first-order chi connectivity index (χ1) is 11.7. The largest absolute Gasteiger partial charge is 0.350 e. The Morgan fingerprint density at radius 1 is 1.21 bits per heavy atom. The fraction of sp³-hybridized carbons (Fsp3) is 0.333. The van der Waals surface area contributed by atoms with E-state index in [0.717, 1.165) is 12.0 Å². The molecule has 3 rings (SSSR count). The van der Waals surface area contributed by atoms with Gasteiger partial charge in [-0.1, -0.05) is 43.3 Å². The van der Waals surface area contributed by atoms with E-state index in [1.807, 2.05) is 47.8 Å². The number of amides is 2. The van der Waals surface area contributed by atoms with Gasteiger partial charge in [-0.15, -0.1) is 23.1 Å². The SMILES string of the molecule is CCC1SCC(C(=O)NCc2ccccc2)N1C(=O)c1cccs1. The molecule has 2 atom stereocenters. The van der Waals surface area contributed by atoms with Crippen LogP contribution < -0.4 is 5.32 Å². The van der Waals surface area contributed by atoms with Crippen molar-refractivity contribution in [3.8, 4) is 0 Å². The van der Waals surface area contributed by atoms with Crippen LogP contribution in [0.25, 0.3) is 0 Å². The van der Waals surface area contributed by atoms with Crippen molar-refractivity contribution in [3.05, 3.63) is 58.3 Å². The van der Waals surface area contributed by atoms with Gasteiger partial charge in [0, 0.05) is 12.3 Å². The molecule has 126 valence electrons. The highest BCUT2D eigenvalue weighted by molar-refractivity contribution is 8.00. The summed E-state index contributed by atoms with van der Waals surface area (Å²) in [4.78, 5) is 27.9. The van der Waals surface area contributed by atoms with Gasteiger partial charge >= 0.3 is 0 Å². The lowest BCUT2D eigenvalue weighted by Crippen LogP contribution is -2.49. The summed E-state index contributed by atoms with van der Waals surface area (Å²) in [6, 6.07) is 13.1. The molecule has 0 spiro atoms. The number of thioether (sulfide) groups is 1. The van der Waals surface area contributed by atoms with E-state index in [0.29, 0.717) is 17.2 Å². The van der Waals surface area contributed by atoms with Gasteiger partial charge in [-0.05, 0) is 23.4 Å². The number of hydrogen-bond acceptors (Lipinski definition) is 4. The third-order valence-corrected chi connectivity index (χ3v) is 6.33. The van der Waals surface area contributed by atoms with Crippen molar-refractivity contribution < 1.29 is 9.59 Å². The van der Waals surface area contributed by atoms with E-state index in [1.54, 1.807) is 16.7 Å². The minimum atomic E-state index is -0.404. The van der Waals surface area contributed by atoms with E-state index in [4.69, 9.17) is 0 Å². The maximum atomic E-state index is 12.8. The van der Waals surface area contributed by atoms with E-state index in [1.165, 1.54) is 11.3 Å². The molecule has 6 heteroatoms. The van der Waals surface area contributed by atoms with E-state index in [9.17, 15) is 9.59 Å². The van der Waals surface area contributed by atoms with E-state index < -0.39 is 6.04 Å². The molecule has 0 aliphatic carbocycles. The molecule has 1 aromatic heterocycles. The molecule has 1 aliphatic rings. The summed E-state index contributed by atoms with van der Waals surface area (Å²) in [5.74, 6) is 0.532. The van der Waals surface area contributed by atoms with Crippen LogP contribution in [0.3, 0.4) is 0 Å². The highest BCUT2D eigenvalue weighted by atomic mass is 32.2. The summed E-state index contributed by atoms with van der Waals surface area (Å²) in [5, 5.41) is 4.93. The number of carbonyl (C=O) groups is 2. The number of thiophene rings is 1. The number of rotatable bonds is 5. The van der Waals surface area contributed by atoms with Crippen LogP contribution in [-0.4, -0.2) is 33.9 Å². The summed E-state index contributed by atoms with van der Waals surface area (Å²) in [5.41, 5.74) is 1.06. The molecule has 24 heavy (non-hydrogen) atoms. The van der Waals surface area contributed by atoms with Crippen molar-refractivity contribution in [2.45, 2.75) is 31.3 Å². The Labute approximate surface area is 150 Å². The summed E-state index contributed by atoms with van der Waals surface area (Å²) in [7, 11) is 0. The van der Waals surface area contributed by atoms with Crippen molar-refractivity contribution >= 4 is 34.9 Å². The van der Waals surface area contributed by atoms with Gasteiger partial charge < -0.3 is 10.2 Å². The Hall–Kier alpha value is -1.79. The molecule has 0 bridgehead atoms. The van der Waals surface area contributed by atoms with Crippen molar-refractivity contribution in [2.75, 3.05) is 5.75 Å². The summed E-state index contributed by atoms with van der Waals surface area (Å²) >= 11 is 3.11.